The van der Waals surface area contributed by atoms with Crippen molar-refractivity contribution in [1.29, 1.82) is 0 Å². The zero-order chi connectivity index (χ0) is 20.7. The van der Waals surface area contributed by atoms with E-state index in [2.05, 4.69) is 32.4 Å². The van der Waals surface area contributed by atoms with Gasteiger partial charge in [-0.2, -0.15) is 0 Å². The number of aryl methyl sites for hydroxylation is 1. The number of H-pyrrole nitrogens is 1. The Morgan fingerprint density at radius 3 is 3.07 bits per heavy atom. The number of nitrogens with zero attached hydrogens (tertiary/aromatic N) is 3. The summed E-state index contributed by atoms with van der Waals surface area (Å²) in [5.74, 6) is 0.561. The molecule has 4 heterocycles. The molecule has 1 aliphatic carbocycles. The van der Waals surface area contributed by atoms with E-state index in [1.54, 1.807) is 11.3 Å². The molecule has 0 radical (unpaired) electrons. The molecule has 0 spiro atoms. The van der Waals surface area contributed by atoms with E-state index in [1.165, 1.54) is 28.0 Å². The van der Waals surface area contributed by atoms with Crippen LogP contribution in [-0.4, -0.2) is 38.4 Å². The zero-order valence-electron chi connectivity index (χ0n) is 16.4. The standard InChI is InChI=1S/C19H21N5O3S3/c1-9-4-5-10-12(7-9)29-17-14(10)15(26)21-18(22-17)28-8-13(25)20-19-24-23-16(30-19)11-3-2-6-27-11/h9,11H,2-8H2,1H3,(H,20,24,25)(H,21,22,26). The molecule has 1 amide bonds. The van der Waals surface area contributed by atoms with Crippen LogP contribution in [0.2, 0.25) is 0 Å². The monoisotopic (exact) mass is 463 g/mol. The summed E-state index contributed by atoms with van der Waals surface area (Å²) in [7, 11) is 0. The molecular weight excluding hydrogens is 442 g/mol. The van der Waals surface area contributed by atoms with E-state index >= 15 is 0 Å². The van der Waals surface area contributed by atoms with Gasteiger partial charge in [0.15, 0.2) is 5.16 Å². The van der Waals surface area contributed by atoms with E-state index in [4.69, 9.17) is 4.74 Å². The van der Waals surface area contributed by atoms with Crippen molar-refractivity contribution < 1.29 is 9.53 Å². The molecule has 1 aliphatic heterocycles. The third-order valence-electron chi connectivity index (χ3n) is 5.38. The van der Waals surface area contributed by atoms with E-state index in [-0.39, 0.29) is 23.3 Å². The minimum Gasteiger partial charge on any atom is -0.371 e. The van der Waals surface area contributed by atoms with Gasteiger partial charge in [-0.15, -0.1) is 21.5 Å². The van der Waals surface area contributed by atoms with Crippen LogP contribution in [-0.2, 0) is 22.4 Å². The first-order valence-electron chi connectivity index (χ1n) is 9.99. The Labute approximate surface area is 184 Å². The number of hydrogen-bond acceptors (Lipinski definition) is 9. The third-order valence-corrected chi connectivity index (χ3v) is 8.33. The lowest BCUT2D eigenvalue weighted by Gasteiger charge is -2.17. The van der Waals surface area contributed by atoms with Gasteiger partial charge in [0.05, 0.1) is 11.1 Å². The van der Waals surface area contributed by atoms with Crippen molar-refractivity contribution >= 4 is 55.7 Å². The zero-order valence-corrected chi connectivity index (χ0v) is 18.8. The number of thioether (sulfide) groups is 1. The number of anilines is 1. The molecule has 8 nitrogen and oxygen atoms in total. The average Bonchev–Trinajstić information content (AvgIpc) is 3.45. The summed E-state index contributed by atoms with van der Waals surface area (Å²) >= 11 is 4.16. The summed E-state index contributed by atoms with van der Waals surface area (Å²) in [5, 5.41) is 13.4. The molecule has 2 aliphatic rings. The number of nitrogens with one attached hydrogen (secondary N) is 2. The number of amides is 1. The van der Waals surface area contributed by atoms with Gasteiger partial charge < -0.3 is 9.72 Å². The Balaban J connectivity index is 1.25. The van der Waals surface area contributed by atoms with Gasteiger partial charge in [0.2, 0.25) is 11.0 Å². The number of ether oxygens (including phenoxy) is 1. The molecule has 3 aromatic rings. The SMILES string of the molecule is CC1CCc2c(sc3nc(SCC(=O)Nc4nnc(C5CCCO5)s4)[nH]c(=O)c23)C1. The minimum atomic E-state index is -0.211. The largest absolute Gasteiger partial charge is 0.371 e. The number of fused-ring (bicyclic) bond motifs is 3. The first kappa shape index (κ1) is 20.1. The minimum absolute atomic E-state index is 0.0110. The van der Waals surface area contributed by atoms with Gasteiger partial charge in [0.1, 0.15) is 15.9 Å². The Morgan fingerprint density at radius 1 is 1.33 bits per heavy atom. The molecule has 0 saturated carbocycles. The number of thiophene rings is 1. The number of carbonyl (C=O) groups excluding carboxylic acids is 1. The van der Waals surface area contributed by atoms with Crippen molar-refractivity contribution in [2.75, 3.05) is 17.7 Å². The lowest BCUT2D eigenvalue weighted by atomic mass is 9.89. The molecule has 1 saturated heterocycles. The lowest BCUT2D eigenvalue weighted by molar-refractivity contribution is -0.113. The van der Waals surface area contributed by atoms with Crippen molar-refractivity contribution in [1.82, 2.24) is 20.2 Å². The lowest BCUT2D eigenvalue weighted by Crippen LogP contribution is -2.16. The highest BCUT2D eigenvalue weighted by atomic mass is 32.2. The molecule has 0 bridgehead atoms. The Morgan fingerprint density at radius 2 is 2.23 bits per heavy atom. The topological polar surface area (TPSA) is 110 Å². The maximum Gasteiger partial charge on any atom is 0.260 e. The van der Waals surface area contributed by atoms with E-state index in [1.807, 2.05) is 0 Å². The van der Waals surface area contributed by atoms with E-state index in [9.17, 15) is 9.59 Å². The third kappa shape index (κ3) is 4.03. The molecule has 158 valence electrons. The van der Waals surface area contributed by atoms with Crippen LogP contribution in [0.1, 0.15) is 47.7 Å². The van der Waals surface area contributed by atoms with E-state index in [0.29, 0.717) is 16.2 Å². The van der Waals surface area contributed by atoms with Crippen LogP contribution in [0, 0.1) is 5.92 Å². The normalized spacial score (nSPS) is 21.1. The van der Waals surface area contributed by atoms with Gasteiger partial charge >= 0.3 is 0 Å². The van der Waals surface area contributed by atoms with Gasteiger partial charge in [-0.05, 0) is 43.6 Å². The van der Waals surface area contributed by atoms with Crippen LogP contribution >= 0.6 is 34.4 Å². The maximum absolute atomic E-state index is 12.6. The van der Waals surface area contributed by atoms with Crippen molar-refractivity contribution in [2.24, 2.45) is 5.92 Å². The van der Waals surface area contributed by atoms with Crippen LogP contribution in [0.25, 0.3) is 10.2 Å². The summed E-state index contributed by atoms with van der Waals surface area (Å²) in [4.78, 5) is 34.5. The van der Waals surface area contributed by atoms with E-state index in [0.717, 1.165) is 59.5 Å². The molecule has 2 atom stereocenters. The highest BCUT2D eigenvalue weighted by Gasteiger charge is 2.24. The highest BCUT2D eigenvalue weighted by Crippen LogP contribution is 2.36. The second kappa shape index (κ2) is 8.37. The first-order valence-corrected chi connectivity index (χ1v) is 12.6. The number of rotatable bonds is 5. The number of aromatic nitrogens is 4. The summed E-state index contributed by atoms with van der Waals surface area (Å²) in [6.07, 6.45) is 5.00. The first-order chi connectivity index (χ1) is 14.6. The van der Waals surface area contributed by atoms with Gasteiger partial charge in [-0.3, -0.25) is 14.9 Å². The molecule has 5 rings (SSSR count). The summed E-state index contributed by atoms with van der Waals surface area (Å²) in [6, 6.07) is 0. The van der Waals surface area contributed by atoms with Gasteiger partial charge in [-0.1, -0.05) is 30.0 Å². The molecular formula is C19H21N5O3S3. The van der Waals surface area contributed by atoms with Crippen molar-refractivity contribution in [3.05, 3.63) is 25.8 Å². The maximum atomic E-state index is 12.6. The number of carbonyl (C=O) groups is 1. The van der Waals surface area contributed by atoms with Crippen LogP contribution in [0.3, 0.4) is 0 Å². The van der Waals surface area contributed by atoms with Crippen LogP contribution < -0.4 is 10.9 Å². The van der Waals surface area contributed by atoms with Crippen LogP contribution in [0.15, 0.2) is 9.95 Å². The van der Waals surface area contributed by atoms with Crippen molar-refractivity contribution in [3.63, 3.8) is 0 Å². The molecule has 11 heteroatoms. The Hall–Kier alpha value is -1.82. The average molecular weight is 464 g/mol. The molecule has 3 aromatic heterocycles. The van der Waals surface area contributed by atoms with Gasteiger partial charge in [-0.25, -0.2) is 4.98 Å². The van der Waals surface area contributed by atoms with E-state index < -0.39 is 0 Å². The van der Waals surface area contributed by atoms with Gasteiger partial charge in [0, 0.05) is 11.5 Å². The molecule has 1 fully saturated rings. The fourth-order valence-electron chi connectivity index (χ4n) is 3.87. The second-order valence-electron chi connectivity index (χ2n) is 7.69. The predicted octanol–water partition coefficient (Wildman–Crippen LogP) is 3.54. The second-order valence-corrected chi connectivity index (χ2v) is 10.7. The smallest absolute Gasteiger partial charge is 0.260 e. The van der Waals surface area contributed by atoms with Gasteiger partial charge in [0.25, 0.3) is 5.56 Å². The van der Waals surface area contributed by atoms with Crippen molar-refractivity contribution in [3.8, 4) is 0 Å². The quantitative estimate of drug-likeness (QED) is 0.440. The highest BCUT2D eigenvalue weighted by molar-refractivity contribution is 7.99. The summed E-state index contributed by atoms with van der Waals surface area (Å²) < 4.78 is 5.60. The fraction of sp³-hybridized carbons (Fsp3) is 0.526. The predicted molar refractivity (Wildman–Crippen MR) is 119 cm³/mol. The molecule has 30 heavy (non-hydrogen) atoms. The van der Waals surface area contributed by atoms with Crippen LogP contribution in [0.5, 0.6) is 0 Å². The van der Waals surface area contributed by atoms with Crippen LogP contribution in [0.4, 0.5) is 5.13 Å². The number of hydrogen-bond donors (Lipinski definition) is 2. The fourth-order valence-corrected chi connectivity index (χ4v) is 6.82. The summed E-state index contributed by atoms with van der Waals surface area (Å²) in [6.45, 7) is 2.98. The molecule has 2 unspecified atom stereocenters. The Kier molecular flexibility index (Phi) is 5.61. The Bertz CT molecular complexity index is 1150. The molecule has 0 aromatic carbocycles. The van der Waals surface area contributed by atoms with Crippen molar-refractivity contribution in [2.45, 2.75) is 50.3 Å². The molecule has 2 N–H and O–H groups in total. The summed E-state index contributed by atoms with van der Waals surface area (Å²) in [5.41, 5.74) is 1.05. The number of aromatic amines is 1.